The average molecular weight is 283 g/mol. The van der Waals surface area contributed by atoms with Gasteiger partial charge in [-0.05, 0) is 42.7 Å². The van der Waals surface area contributed by atoms with Crippen molar-refractivity contribution >= 4 is 17.8 Å². The van der Waals surface area contributed by atoms with Gasteiger partial charge in [-0.25, -0.2) is 9.40 Å². The number of pyridine rings is 1. The van der Waals surface area contributed by atoms with Crippen LogP contribution in [0.5, 0.6) is 0 Å². The Labute approximate surface area is 121 Å². The molecule has 0 atom stereocenters. The van der Waals surface area contributed by atoms with Crippen LogP contribution in [-0.4, -0.2) is 17.1 Å². The highest BCUT2D eigenvalue weighted by atomic mass is 19.1. The predicted molar refractivity (Wildman–Crippen MR) is 79.6 cm³/mol. The third-order valence-electron chi connectivity index (χ3n) is 3.43. The second-order valence-corrected chi connectivity index (χ2v) is 4.90. The van der Waals surface area contributed by atoms with E-state index in [0.29, 0.717) is 24.1 Å². The maximum atomic E-state index is 14.4. The molecule has 1 aromatic heterocycles. The third-order valence-corrected chi connectivity index (χ3v) is 3.43. The molecule has 0 saturated carbocycles. The molecule has 0 unspecified atom stereocenters. The van der Waals surface area contributed by atoms with Gasteiger partial charge < -0.3 is 0 Å². The average Bonchev–Trinajstić information content (AvgIpc) is 2.49. The van der Waals surface area contributed by atoms with Crippen molar-refractivity contribution in [3.63, 3.8) is 0 Å². The van der Waals surface area contributed by atoms with Crippen LogP contribution in [0.2, 0.25) is 0 Å². The van der Waals surface area contributed by atoms with Gasteiger partial charge in [-0.2, -0.15) is 5.10 Å². The van der Waals surface area contributed by atoms with Crippen molar-refractivity contribution < 1.29 is 9.18 Å². The molecule has 1 aromatic carbocycles. The lowest BCUT2D eigenvalue weighted by Gasteiger charge is -2.20. The number of hydrogen-bond acceptors (Lipinski definition) is 3. The summed E-state index contributed by atoms with van der Waals surface area (Å²) in [6.45, 7) is 1.88. The first kappa shape index (κ1) is 13.4. The maximum absolute atomic E-state index is 14.4. The van der Waals surface area contributed by atoms with Gasteiger partial charge in [0, 0.05) is 36.7 Å². The molecule has 3 rings (SSSR count). The molecule has 0 fully saturated rings. The van der Waals surface area contributed by atoms with Crippen molar-refractivity contribution in [2.24, 2.45) is 5.10 Å². The Bertz CT molecular complexity index is 727. The quantitative estimate of drug-likeness (QED) is 0.848. The van der Waals surface area contributed by atoms with Gasteiger partial charge >= 0.3 is 0 Å². The number of anilines is 1. The van der Waals surface area contributed by atoms with Gasteiger partial charge in [0.2, 0.25) is 5.91 Å². The highest BCUT2D eigenvalue weighted by molar-refractivity contribution is 5.97. The number of hydrogen-bond donors (Lipinski definition) is 0. The number of benzene rings is 1. The van der Waals surface area contributed by atoms with E-state index >= 15 is 0 Å². The first-order valence-corrected chi connectivity index (χ1v) is 6.73. The minimum Gasteiger partial charge on any atom is -0.273 e. The Morgan fingerprint density at radius 3 is 2.81 bits per heavy atom. The number of nitrogens with zero attached hydrogens (tertiary/aromatic N) is 3. The standard InChI is InChI=1S/C16H14FN3O/c1-11-10-18-8-6-13(11)14-5-4-12(9-15(14)17)20-16(21)3-2-7-19-20/h4-10H,2-3H2,1H3. The summed E-state index contributed by atoms with van der Waals surface area (Å²) in [4.78, 5) is 15.8. The zero-order valence-electron chi connectivity index (χ0n) is 11.6. The van der Waals surface area contributed by atoms with Crippen LogP contribution in [0, 0.1) is 12.7 Å². The van der Waals surface area contributed by atoms with Crippen LogP contribution < -0.4 is 5.01 Å². The van der Waals surface area contributed by atoms with Gasteiger partial charge in [-0.15, -0.1) is 0 Å². The molecule has 1 aliphatic heterocycles. The van der Waals surface area contributed by atoms with E-state index in [1.165, 1.54) is 11.1 Å². The second-order valence-electron chi connectivity index (χ2n) is 4.90. The minimum absolute atomic E-state index is 0.121. The van der Waals surface area contributed by atoms with E-state index in [2.05, 4.69) is 10.1 Å². The summed E-state index contributed by atoms with van der Waals surface area (Å²) in [5, 5.41) is 5.27. The van der Waals surface area contributed by atoms with Crippen LogP contribution >= 0.6 is 0 Å². The first-order chi connectivity index (χ1) is 10.2. The number of aryl methyl sites for hydroxylation is 1. The summed E-state index contributed by atoms with van der Waals surface area (Å²) in [5.41, 5.74) is 2.63. The summed E-state index contributed by atoms with van der Waals surface area (Å²) in [7, 11) is 0. The van der Waals surface area contributed by atoms with Crippen LogP contribution in [0.3, 0.4) is 0 Å². The molecule has 5 heteroatoms. The van der Waals surface area contributed by atoms with Crippen LogP contribution in [0.1, 0.15) is 18.4 Å². The highest BCUT2D eigenvalue weighted by Gasteiger charge is 2.19. The molecule has 0 N–H and O–H groups in total. The molecule has 0 spiro atoms. The van der Waals surface area contributed by atoms with Crippen molar-refractivity contribution in [2.45, 2.75) is 19.8 Å². The van der Waals surface area contributed by atoms with E-state index in [1.807, 2.05) is 6.92 Å². The van der Waals surface area contributed by atoms with Gasteiger partial charge in [0.25, 0.3) is 0 Å². The van der Waals surface area contributed by atoms with Crippen molar-refractivity contribution in [3.05, 3.63) is 48.0 Å². The Hall–Kier alpha value is -2.56. The van der Waals surface area contributed by atoms with Crippen molar-refractivity contribution in [3.8, 4) is 11.1 Å². The largest absolute Gasteiger partial charge is 0.273 e. The fourth-order valence-electron chi connectivity index (χ4n) is 2.34. The van der Waals surface area contributed by atoms with Crippen molar-refractivity contribution in [2.75, 3.05) is 5.01 Å². The van der Waals surface area contributed by atoms with E-state index in [1.54, 1.807) is 36.8 Å². The number of halogens is 1. The van der Waals surface area contributed by atoms with Crippen LogP contribution in [0.4, 0.5) is 10.1 Å². The number of carbonyl (C=O) groups is 1. The zero-order valence-corrected chi connectivity index (χ0v) is 11.6. The normalized spacial score (nSPS) is 14.6. The third kappa shape index (κ3) is 2.54. The second kappa shape index (κ2) is 5.44. The molecule has 0 aliphatic carbocycles. The predicted octanol–water partition coefficient (Wildman–Crippen LogP) is 3.31. The van der Waals surface area contributed by atoms with E-state index in [9.17, 15) is 9.18 Å². The lowest BCUT2D eigenvalue weighted by atomic mass is 10.0. The smallest absolute Gasteiger partial charge is 0.247 e. The zero-order chi connectivity index (χ0) is 14.8. The van der Waals surface area contributed by atoms with Gasteiger partial charge in [0.1, 0.15) is 5.82 Å². The first-order valence-electron chi connectivity index (χ1n) is 6.73. The molecule has 1 amide bonds. The summed E-state index contributed by atoms with van der Waals surface area (Å²) >= 11 is 0. The van der Waals surface area contributed by atoms with Gasteiger partial charge in [0.05, 0.1) is 5.69 Å². The van der Waals surface area contributed by atoms with E-state index in [0.717, 1.165) is 11.1 Å². The molecule has 0 bridgehead atoms. The Balaban J connectivity index is 2.01. The molecular weight excluding hydrogens is 269 g/mol. The van der Waals surface area contributed by atoms with Crippen LogP contribution in [0.15, 0.2) is 41.8 Å². The molecular formula is C16H14FN3O. The Morgan fingerprint density at radius 2 is 2.10 bits per heavy atom. The number of hydrazone groups is 1. The lowest BCUT2D eigenvalue weighted by molar-refractivity contribution is -0.118. The molecule has 1 aliphatic rings. The number of rotatable bonds is 2. The molecule has 0 radical (unpaired) electrons. The van der Waals surface area contributed by atoms with E-state index in [-0.39, 0.29) is 11.7 Å². The van der Waals surface area contributed by atoms with E-state index < -0.39 is 0 Å². The molecule has 0 saturated heterocycles. The summed E-state index contributed by atoms with van der Waals surface area (Å²) < 4.78 is 14.4. The van der Waals surface area contributed by atoms with Gasteiger partial charge in [-0.1, -0.05) is 0 Å². The Morgan fingerprint density at radius 1 is 1.24 bits per heavy atom. The molecule has 106 valence electrons. The van der Waals surface area contributed by atoms with Crippen molar-refractivity contribution in [1.82, 2.24) is 4.98 Å². The number of carbonyl (C=O) groups excluding carboxylic acids is 1. The summed E-state index contributed by atoms with van der Waals surface area (Å²) in [6, 6.07) is 6.50. The Kier molecular flexibility index (Phi) is 3.48. The fourth-order valence-corrected chi connectivity index (χ4v) is 2.34. The van der Waals surface area contributed by atoms with Crippen molar-refractivity contribution in [1.29, 1.82) is 0 Å². The SMILES string of the molecule is Cc1cnccc1-c1ccc(N2N=CCCC2=O)cc1F. The molecule has 21 heavy (non-hydrogen) atoms. The van der Waals surface area contributed by atoms with Crippen LogP contribution in [-0.2, 0) is 4.79 Å². The summed E-state index contributed by atoms with van der Waals surface area (Å²) in [5.74, 6) is -0.500. The molecule has 4 nitrogen and oxygen atoms in total. The number of amides is 1. The molecule has 2 aromatic rings. The highest BCUT2D eigenvalue weighted by Crippen LogP contribution is 2.29. The topological polar surface area (TPSA) is 45.6 Å². The number of aromatic nitrogens is 1. The lowest BCUT2D eigenvalue weighted by Crippen LogP contribution is -2.28. The minimum atomic E-state index is -0.379. The van der Waals surface area contributed by atoms with E-state index in [4.69, 9.17) is 0 Å². The van der Waals surface area contributed by atoms with Gasteiger partial charge in [0.15, 0.2) is 0 Å². The molecule has 2 heterocycles. The van der Waals surface area contributed by atoms with Crippen LogP contribution in [0.25, 0.3) is 11.1 Å². The summed E-state index contributed by atoms with van der Waals surface area (Å²) in [6.07, 6.45) is 6.03. The monoisotopic (exact) mass is 283 g/mol. The maximum Gasteiger partial charge on any atom is 0.247 e. The van der Waals surface area contributed by atoms with Gasteiger partial charge in [-0.3, -0.25) is 9.78 Å². The fraction of sp³-hybridized carbons (Fsp3) is 0.188.